The van der Waals surface area contributed by atoms with Crippen molar-refractivity contribution >= 4 is 23.4 Å². The van der Waals surface area contributed by atoms with E-state index in [0.29, 0.717) is 17.9 Å². The van der Waals surface area contributed by atoms with Gasteiger partial charge in [-0.2, -0.15) is 11.8 Å². The van der Waals surface area contributed by atoms with Crippen LogP contribution in [0.15, 0.2) is 18.2 Å². The monoisotopic (exact) mass is 269 g/mol. The summed E-state index contributed by atoms with van der Waals surface area (Å²) in [6, 6.07) is 4.69. The molecule has 1 saturated heterocycles. The van der Waals surface area contributed by atoms with Gasteiger partial charge in [-0.25, -0.2) is 9.18 Å². The van der Waals surface area contributed by atoms with Crippen LogP contribution in [-0.4, -0.2) is 30.1 Å². The van der Waals surface area contributed by atoms with E-state index in [1.807, 2.05) is 13.0 Å². The van der Waals surface area contributed by atoms with Gasteiger partial charge in [0, 0.05) is 11.4 Å². The molecule has 0 spiro atoms. The second-order valence-corrected chi connectivity index (χ2v) is 5.62. The second-order valence-electron chi connectivity index (χ2n) is 4.52. The standard InChI is InChI=1S/C13H16FNO2S/c1-9-5-10(14)7-11(6-9)15-13(12(16)17-2)3-4-18-8-13/h5-7,15H,3-4,8H2,1-2H3. The van der Waals surface area contributed by atoms with E-state index in [1.165, 1.54) is 19.2 Å². The van der Waals surface area contributed by atoms with Crippen molar-refractivity contribution in [2.45, 2.75) is 18.9 Å². The van der Waals surface area contributed by atoms with Crippen molar-refractivity contribution in [1.82, 2.24) is 0 Å². The summed E-state index contributed by atoms with van der Waals surface area (Å²) in [5, 5.41) is 3.15. The summed E-state index contributed by atoms with van der Waals surface area (Å²) in [4.78, 5) is 11.9. The molecular formula is C13H16FNO2S. The zero-order valence-corrected chi connectivity index (χ0v) is 11.3. The second kappa shape index (κ2) is 5.18. The molecule has 0 radical (unpaired) electrons. The van der Waals surface area contributed by atoms with Crippen LogP contribution < -0.4 is 5.32 Å². The van der Waals surface area contributed by atoms with Crippen molar-refractivity contribution in [1.29, 1.82) is 0 Å². The van der Waals surface area contributed by atoms with E-state index in [0.717, 1.165) is 11.3 Å². The number of carbonyl (C=O) groups excluding carboxylic acids is 1. The molecule has 98 valence electrons. The van der Waals surface area contributed by atoms with Crippen LogP contribution in [0.4, 0.5) is 10.1 Å². The summed E-state index contributed by atoms with van der Waals surface area (Å²) in [7, 11) is 1.38. The fourth-order valence-electron chi connectivity index (χ4n) is 2.16. The van der Waals surface area contributed by atoms with Crippen molar-refractivity contribution in [3.05, 3.63) is 29.6 Å². The lowest BCUT2D eigenvalue weighted by Gasteiger charge is -2.27. The quantitative estimate of drug-likeness (QED) is 0.856. The summed E-state index contributed by atoms with van der Waals surface area (Å²) in [6.07, 6.45) is 0.694. The SMILES string of the molecule is COC(=O)C1(Nc2cc(C)cc(F)c2)CCSC1. The number of aryl methyl sites for hydroxylation is 1. The van der Waals surface area contributed by atoms with E-state index in [1.54, 1.807) is 11.8 Å². The molecule has 0 amide bonds. The Labute approximate surface area is 110 Å². The zero-order chi connectivity index (χ0) is 13.2. The van der Waals surface area contributed by atoms with Crippen molar-refractivity contribution in [2.24, 2.45) is 0 Å². The first-order chi connectivity index (χ1) is 8.55. The molecule has 1 aromatic rings. The molecule has 0 saturated carbocycles. The van der Waals surface area contributed by atoms with Gasteiger partial charge in [0.2, 0.25) is 0 Å². The summed E-state index contributed by atoms with van der Waals surface area (Å²) in [6.45, 7) is 1.82. The van der Waals surface area contributed by atoms with Gasteiger partial charge in [0.1, 0.15) is 11.4 Å². The van der Waals surface area contributed by atoms with Gasteiger partial charge in [-0.05, 0) is 42.9 Å². The molecule has 1 aliphatic heterocycles. The summed E-state index contributed by atoms with van der Waals surface area (Å²) < 4.78 is 18.2. The van der Waals surface area contributed by atoms with Gasteiger partial charge < -0.3 is 10.1 Å². The molecule has 18 heavy (non-hydrogen) atoms. The maximum atomic E-state index is 13.3. The summed E-state index contributed by atoms with van der Waals surface area (Å²) in [5.41, 5.74) is 0.725. The lowest BCUT2D eigenvalue weighted by molar-refractivity contribution is -0.145. The Bertz CT molecular complexity index is 438. The van der Waals surface area contributed by atoms with Gasteiger partial charge in [-0.3, -0.25) is 0 Å². The lowest BCUT2D eigenvalue weighted by Crippen LogP contribution is -2.47. The topological polar surface area (TPSA) is 38.3 Å². The number of thioether (sulfide) groups is 1. The molecule has 1 unspecified atom stereocenters. The first-order valence-corrected chi connectivity index (χ1v) is 6.93. The van der Waals surface area contributed by atoms with Crippen LogP contribution in [0.3, 0.4) is 0 Å². The molecule has 1 aromatic carbocycles. The third kappa shape index (κ3) is 2.61. The number of methoxy groups -OCH3 is 1. The highest BCUT2D eigenvalue weighted by molar-refractivity contribution is 7.99. The van der Waals surface area contributed by atoms with Gasteiger partial charge >= 0.3 is 5.97 Å². The number of anilines is 1. The fraction of sp³-hybridized carbons (Fsp3) is 0.462. The fourth-order valence-corrected chi connectivity index (χ4v) is 3.48. The molecule has 1 aliphatic rings. The smallest absolute Gasteiger partial charge is 0.332 e. The normalized spacial score (nSPS) is 22.8. The van der Waals surface area contributed by atoms with Crippen LogP contribution in [-0.2, 0) is 9.53 Å². The third-order valence-electron chi connectivity index (χ3n) is 3.02. The molecule has 3 nitrogen and oxygen atoms in total. The van der Waals surface area contributed by atoms with Crippen LogP contribution >= 0.6 is 11.8 Å². The number of rotatable bonds is 3. The van der Waals surface area contributed by atoms with Gasteiger partial charge in [-0.15, -0.1) is 0 Å². The van der Waals surface area contributed by atoms with Crippen molar-refractivity contribution in [2.75, 3.05) is 23.9 Å². The molecule has 5 heteroatoms. The average Bonchev–Trinajstić information content (AvgIpc) is 2.76. The van der Waals surface area contributed by atoms with E-state index in [-0.39, 0.29) is 11.8 Å². The number of carbonyl (C=O) groups is 1. The first-order valence-electron chi connectivity index (χ1n) is 5.77. The van der Waals surface area contributed by atoms with Crippen LogP contribution in [0.25, 0.3) is 0 Å². The molecule has 1 atom stereocenters. The number of hydrogen-bond donors (Lipinski definition) is 1. The lowest BCUT2D eigenvalue weighted by atomic mass is 9.98. The molecule has 0 aromatic heterocycles. The molecule has 2 rings (SSSR count). The summed E-state index contributed by atoms with van der Waals surface area (Å²) in [5.74, 6) is 0.962. The number of halogens is 1. The van der Waals surface area contributed by atoms with E-state index < -0.39 is 5.54 Å². The van der Waals surface area contributed by atoms with Gasteiger partial charge in [-0.1, -0.05) is 0 Å². The highest BCUT2D eigenvalue weighted by Gasteiger charge is 2.43. The minimum absolute atomic E-state index is 0.283. The number of nitrogens with one attached hydrogen (secondary N) is 1. The Morgan fingerprint density at radius 2 is 2.28 bits per heavy atom. The average molecular weight is 269 g/mol. The minimum Gasteiger partial charge on any atom is -0.467 e. The van der Waals surface area contributed by atoms with E-state index in [4.69, 9.17) is 4.74 Å². The molecule has 1 fully saturated rings. The number of esters is 1. The van der Waals surface area contributed by atoms with E-state index in [2.05, 4.69) is 5.32 Å². The maximum Gasteiger partial charge on any atom is 0.332 e. The minimum atomic E-state index is -0.723. The number of hydrogen-bond acceptors (Lipinski definition) is 4. The molecular weight excluding hydrogens is 253 g/mol. The van der Waals surface area contributed by atoms with Crippen LogP contribution in [0.5, 0.6) is 0 Å². The molecule has 1 heterocycles. The predicted molar refractivity (Wildman–Crippen MR) is 71.4 cm³/mol. The number of benzene rings is 1. The summed E-state index contributed by atoms with van der Waals surface area (Å²) >= 11 is 1.70. The Kier molecular flexibility index (Phi) is 3.80. The van der Waals surface area contributed by atoms with Crippen LogP contribution in [0, 0.1) is 12.7 Å². The van der Waals surface area contributed by atoms with E-state index >= 15 is 0 Å². The van der Waals surface area contributed by atoms with E-state index in [9.17, 15) is 9.18 Å². The van der Waals surface area contributed by atoms with Gasteiger partial charge in [0.15, 0.2) is 0 Å². The van der Waals surface area contributed by atoms with Crippen LogP contribution in [0.1, 0.15) is 12.0 Å². The largest absolute Gasteiger partial charge is 0.467 e. The predicted octanol–water partition coefficient (Wildman–Crippen LogP) is 2.59. The first kappa shape index (κ1) is 13.2. The molecule has 0 aliphatic carbocycles. The molecule has 1 N–H and O–H groups in total. The maximum absolute atomic E-state index is 13.3. The Morgan fingerprint density at radius 1 is 1.50 bits per heavy atom. The van der Waals surface area contributed by atoms with Gasteiger partial charge in [0.25, 0.3) is 0 Å². The highest BCUT2D eigenvalue weighted by atomic mass is 32.2. The van der Waals surface area contributed by atoms with Crippen molar-refractivity contribution < 1.29 is 13.9 Å². The third-order valence-corrected chi connectivity index (χ3v) is 4.21. The zero-order valence-electron chi connectivity index (χ0n) is 10.5. The Balaban J connectivity index is 2.26. The molecule has 0 bridgehead atoms. The van der Waals surface area contributed by atoms with Gasteiger partial charge in [0.05, 0.1) is 7.11 Å². The Hall–Kier alpha value is -1.23. The Morgan fingerprint density at radius 3 is 2.83 bits per heavy atom. The highest BCUT2D eigenvalue weighted by Crippen LogP contribution is 2.33. The van der Waals surface area contributed by atoms with Crippen molar-refractivity contribution in [3.63, 3.8) is 0 Å². The number of ether oxygens (including phenoxy) is 1. The van der Waals surface area contributed by atoms with Crippen LogP contribution in [0.2, 0.25) is 0 Å². The van der Waals surface area contributed by atoms with Crippen molar-refractivity contribution in [3.8, 4) is 0 Å².